The van der Waals surface area contributed by atoms with Crippen LogP contribution < -0.4 is 9.62 Å². The molecular weight excluding hydrogens is 1240 g/mol. The zero-order valence-electron chi connectivity index (χ0n) is 44.0. The number of halogens is 11. The van der Waals surface area contributed by atoms with Crippen molar-refractivity contribution in [1.82, 2.24) is 34.8 Å². The van der Waals surface area contributed by atoms with Crippen LogP contribution in [0.3, 0.4) is 0 Å². The molecule has 2 amide bonds. The van der Waals surface area contributed by atoms with Crippen LogP contribution >= 0.6 is 19.4 Å². The molecule has 84 heavy (non-hydrogen) atoms. The molecule has 2 aliphatic carbocycles. The van der Waals surface area contributed by atoms with E-state index in [2.05, 4.69) is 25.0 Å². The van der Waals surface area contributed by atoms with Crippen molar-refractivity contribution in [2.24, 2.45) is 5.92 Å². The number of nitrogens with zero attached hydrogens (tertiary/aromatic N) is 7. The number of sulfonamides is 1. The number of aliphatic hydroxyl groups excluding tert-OH is 1. The lowest BCUT2D eigenvalue weighted by Crippen LogP contribution is -2.43. The van der Waals surface area contributed by atoms with Gasteiger partial charge in [-0.15, -0.1) is 0 Å². The number of hydrogen-bond donors (Lipinski definition) is 5. The maximum Gasteiger partial charge on any atom is 0.471 e. The molecule has 3 aromatic heterocycles. The minimum absolute atomic E-state index is 0.0236. The van der Waals surface area contributed by atoms with E-state index in [1.54, 1.807) is 0 Å². The van der Waals surface area contributed by atoms with Gasteiger partial charge in [0, 0.05) is 53.7 Å². The number of rotatable bonds is 25. The number of aromatic nitrogens is 5. The summed E-state index contributed by atoms with van der Waals surface area (Å²) < 4.78 is 225. The van der Waals surface area contributed by atoms with Gasteiger partial charge in [-0.05, 0) is 75.3 Å². The Balaban J connectivity index is 1.38. The van der Waals surface area contributed by atoms with Gasteiger partial charge in [-0.3, -0.25) is 33.4 Å². The number of hydrogen-bond acceptors (Lipinski definition) is 16. The van der Waals surface area contributed by atoms with E-state index in [1.807, 2.05) is 0 Å². The molecule has 4 atom stereocenters. The zero-order valence-corrected chi connectivity index (χ0v) is 47.2. The number of carbonyl (C=O) groups is 3. The molecule has 0 saturated heterocycles. The van der Waals surface area contributed by atoms with E-state index in [0.29, 0.717) is 17.2 Å². The first-order valence-corrected chi connectivity index (χ1v) is 30.1. The summed E-state index contributed by atoms with van der Waals surface area (Å²) in [5.41, 5.74) is -6.00. The molecule has 2 unspecified atom stereocenters. The number of nitrogens with one attached hydrogen (secondary N) is 1. The van der Waals surface area contributed by atoms with Crippen LogP contribution in [0.4, 0.5) is 54.5 Å². The number of anilines is 1. The highest BCUT2D eigenvalue weighted by Crippen LogP contribution is 2.68. The molecule has 7 rings (SSSR count). The van der Waals surface area contributed by atoms with E-state index in [4.69, 9.17) is 30.9 Å². The Kier molecular flexibility index (Phi) is 18.7. The summed E-state index contributed by atoms with van der Waals surface area (Å²) in [4.78, 5) is 62.8. The Morgan fingerprint density at radius 3 is 2.18 bits per heavy atom. The predicted molar refractivity (Wildman–Crippen MR) is 272 cm³/mol. The monoisotopic (exact) mass is 1290 g/mol. The lowest BCUT2D eigenvalue weighted by molar-refractivity contribution is -0.223. The molecule has 0 spiro atoms. The number of sulfone groups is 1. The molecule has 0 radical (unpaired) electrons. The number of fused-ring (bicyclic) bond motifs is 4. The van der Waals surface area contributed by atoms with Crippen LogP contribution in [0.25, 0.3) is 22.0 Å². The van der Waals surface area contributed by atoms with Gasteiger partial charge in [-0.1, -0.05) is 23.7 Å². The van der Waals surface area contributed by atoms with Gasteiger partial charge in [0.15, 0.2) is 28.1 Å². The topological polar surface area (TPSA) is 312 Å². The minimum Gasteiger partial charge on any atom is -0.481 e. The quantitative estimate of drug-likeness (QED) is 0.0225. The second-order valence-electron chi connectivity index (χ2n) is 20.2. The summed E-state index contributed by atoms with van der Waals surface area (Å²) >= 11 is 6.66. The number of carboxylic acid groups (broad SMARTS) is 1. The summed E-state index contributed by atoms with van der Waals surface area (Å²) in [6.07, 6.45) is -15.5. The number of amides is 2. The standard InChI is InChI=1S/C47H50ClF10N8O15PS2/c1-44(2,83(3,75)76)11-9-26-5-6-27(37(59-26)32(17-23-15-24(49)18-25(50)16-23)60-33(67)20-64-40-35(39(61-64)47(56,57)58)29-19-30(29)46(40,54)55)28-7-8-31(48)36-38(28)65(21-45(51,52)53)62-41(36)66(84(4,77)78)43(71)79-14-13-63(12-10-34(68)69)42(70)80-22-81-82(72,73)74/h5-8,15-16,18,29-30,32,42,70H,9-14,17,19-22H2,1-4H3,(H,60,67)(H,68,69)(H2,72,73,74)/t29?,30-,32+,42?/m1/s1. The molecule has 37 heteroatoms. The molecule has 1 fully saturated rings. The third kappa shape index (κ3) is 15.1. The van der Waals surface area contributed by atoms with Crippen molar-refractivity contribution in [3.8, 4) is 11.1 Å². The Hall–Kier alpha value is -6.04. The van der Waals surface area contributed by atoms with Crippen LogP contribution in [-0.2, 0) is 86.0 Å². The lowest BCUT2D eigenvalue weighted by atomic mass is 9.93. The van der Waals surface area contributed by atoms with Crippen molar-refractivity contribution in [2.45, 2.75) is 100 Å². The fraction of sp³-hybridized carbons (Fsp3) is 0.489. The van der Waals surface area contributed by atoms with E-state index in [9.17, 15) is 81.1 Å². The van der Waals surface area contributed by atoms with Gasteiger partial charge in [0.25, 0.3) is 5.92 Å². The van der Waals surface area contributed by atoms with Crippen molar-refractivity contribution >= 4 is 74.0 Å². The van der Waals surface area contributed by atoms with E-state index < -0.39 is 207 Å². The molecule has 5 N–H and O–H groups in total. The van der Waals surface area contributed by atoms with Gasteiger partial charge in [-0.25, -0.2) is 35.0 Å². The molecule has 0 bridgehead atoms. The summed E-state index contributed by atoms with van der Waals surface area (Å²) in [6, 6.07) is 4.62. The molecule has 23 nitrogen and oxygen atoms in total. The molecule has 2 aliphatic rings. The summed E-state index contributed by atoms with van der Waals surface area (Å²) in [6.45, 7) is -4.35. The number of pyridine rings is 1. The van der Waals surface area contributed by atoms with Gasteiger partial charge in [0.05, 0.1) is 45.1 Å². The first kappa shape index (κ1) is 65.5. The smallest absolute Gasteiger partial charge is 0.471 e. The van der Waals surface area contributed by atoms with E-state index in [-0.39, 0.29) is 49.8 Å². The highest BCUT2D eigenvalue weighted by molar-refractivity contribution is 7.92. The number of aliphatic hydroxyl groups is 1. The molecule has 5 aromatic rings. The van der Waals surface area contributed by atoms with Gasteiger partial charge in [0.2, 0.25) is 22.3 Å². The first-order chi connectivity index (χ1) is 38.6. The SMILES string of the molecule is CC(C)(CCc1ccc(-c2ccc(Cl)c3c(N(C(=O)OCCN(CCC(=O)O)C(O)OCOP(=O)(O)O)S(C)(=O)=O)nn(CC(F)(F)F)c23)c([C@H](Cc2cc(F)cc(F)c2)NC(=O)Cn2nc(C(F)(F)F)c3c2C(F)(F)[C@@H]2CC32)n1)S(C)(=O)=O. The van der Waals surface area contributed by atoms with Gasteiger partial charge < -0.3 is 34.8 Å². The van der Waals surface area contributed by atoms with E-state index in [1.165, 1.54) is 26.0 Å². The van der Waals surface area contributed by atoms with Crippen molar-refractivity contribution < 1.29 is 114 Å². The Morgan fingerprint density at radius 2 is 1.60 bits per heavy atom. The Bertz CT molecular complexity index is 3640. The summed E-state index contributed by atoms with van der Waals surface area (Å²) in [7, 11) is -14.1. The van der Waals surface area contributed by atoms with Crippen molar-refractivity contribution in [2.75, 3.05) is 43.3 Å². The number of ether oxygens (including phenoxy) is 2. The van der Waals surface area contributed by atoms with Gasteiger partial charge >= 0.3 is 32.2 Å². The minimum atomic E-state index is -5.26. The number of phosphoric acid groups is 1. The number of benzene rings is 2. The maximum absolute atomic E-state index is 15.7. The molecular formula is C47H50ClF10N8O15PS2. The predicted octanol–water partition coefficient (Wildman–Crippen LogP) is 6.91. The van der Waals surface area contributed by atoms with Crippen molar-refractivity contribution in [1.29, 1.82) is 0 Å². The molecule has 462 valence electrons. The third-order valence-corrected chi connectivity index (χ3v) is 17.5. The highest BCUT2D eigenvalue weighted by Gasteiger charge is 2.68. The van der Waals surface area contributed by atoms with Crippen molar-refractivity contribution in [3.05, 3.63) is 93.0 Å². The summed E-state index contributed by atoms with van der Waals surface area (Å²) in [5.74, 6) is -13.0. The number of aliphatic carboxylic acids is 1. The molecule has 0 aliphatic heterocycles. The fourth-order valence-corrected chi connectivity index (χ4v) is 11.0. The van der Waals surface area contributed by atoms with E-state index >= 15 is 8.78 Å². The number of alkyl halides is 8. The Labute approximate surface area is 474 Å². The van der Waals surface area contributed by atoms with E-state index in [0.717, 1.165) is 30.5 Å². The average Bonchev–Trinajstić information content (AvgIpc) is 1.54. The van der Waals surface area contributed by atoms with Crippen molar-refractivity contribution in [3.63, 3.8) is 0 Å². The van der Waals surface area contributed by atoms with Gasteiger partial charge in [-0.2, -0.15) is 49.6 Å². The summed E-state index contributed by atoms with van der Waals surface area (Å²) in [5, 5.41) is 28.0. The van der Waals surface area contributed by atoms with Crippen LogP contribution in [0, 0.1) is 17.6 Å². The number of carbonyl (C=O) groups excluding carboxylic acids is 2. The second-order valence-corrected chi connectivity index (χ2v) is 26.3. The van der Waals surface area contributed by atoms with Crippen LogP contribution in [-0.4, -0.2) is 141 Å². The Morgan fingerprint density at radius 1 is 0.952 bits per heavy atom. The van der Waals surface area contributed by atoms with Crippen LogP contribution in [0.5, 0.6) is 0 Å². The third-order valence-electron chi connectivity index (χ3n) is 13.6. The van der Waals surface area contributed by atoms with Crippen LogP contribution in [0.2, 0.25) is 5.02 Å². The zero-order chi connectivity index (χ0) is 62.6. The number of phosphoric ester groups is 1. The van der Waals surface area contributed by atoms with Crippen LogP contribution in [0.15, 0.2) is 42.5 Å². The second kappa shape index (κ2) is 24.0. The normalized spacial score (nSPS) is 17.0. The fourth-order valence-electron chi connectivity index (χ4n) is 9.34. The molecule has 3 heterocycles. The largest absolute Gasteiger partial charge is 0.481 e. The number of aryl methyl sites for hydroxylation is 1. The maximum atomic E-state index is 15.7. The number of carboxylic acids is 1. The van der Waals surface area contributed by atoms with Gasteiger partial charge in [0.1, 0.15) is 37.0 Å². The highest BCUT2D eigenvalue weighted by atomic mass is 35.5. The average molecular weight is 1290 g/mol. The molecule has 2 aromatic carbocycles. The molecule has 1 saturated carbocycles. The first-order valence-electron chi connectivity index (χ1n) is 24.5. The van der Waals surface area contributed by atoms with Crippen LogP contribution in [0.1, 0.15) is 79.0 Å². The lowest BCUT2D eigenvalue weighted by Gasteiger charge is -2.27.